The maximum Gasteiger partial charge on any atom is 0.348 e. The Balaban J connectivity index is 1.28. The van der Waals surface area contributed by atoms with E-state index in [0.717, 1.165) is 54.3 Å². The summed E-state index contributed by atoms with van der Waals surface area (Å²) in [6.07, 6.45) is 0. The van der Waals surface area contributed by atoms with Gasteiger partial charge in [0.15, 0.2) is 6.61 Å². The number of piperazine rings is 1. The standard InChI is InChI=1S/C22H27N5O3S/c1-4-26-9-11-27(12-10-26)17-7-5-16(6-8-17)23-20(28)14-30-22(29)19-13-18-15(2)24-25(3)21(18)31-19/h5-8,13H,4,9-12,14H2,1-3H3,(H,23,28). The number of benzene rings is 1. The molecular formula is C22H27N5O3S. The molecule has 0 unspecified atom stereocenters. The summed E-state index contributed by atoms with van der Waals surface area (Å²) < 4.78 is 6.94. The number of carbonyl (C=O) groups excluding carboxylic acids is 2. The van der Waals surface area contributed by atoms with Crippen molar-refractivity contribution in [1.82, 2.24) is 14.7 Å². The van der Waals surface area contributed by atoms with Gasteiger partial charge in [-0.2, -0.15) is 5.10 Å². The highest BCUT2D eigenvalue weighted by molar-refractivity contribution is 7.20. The second kappa shape index (κ2) is 9.07. The second-order valence-electron chi connectivity index (χ2n) is 7.63. The smallest absolute Gasteiger partial charge is 0.348 e. The molecule has 1 aliphatic rings. The molecule has 1 aliphatic heterocycles. The molecule has 0 aliphatic carbocycles. The van der Waals surface area contributed by atoms with Crippen LogP contribution < -0.4 is 10.2 Å². The number of nitrogens with one attached hydrogen (secondary N) is 1. The van der Waals surface area contributed by atoms with Crippen molar-refractivity contribution in [3.63, 3.8) is 0 Å². The number of hydrogen-bond acceptors (Lipinski definition) is 7. The molecule has 3 heterocycles. The summed E-state index contributed by atoms with van der Waals surface area (Å²) in [5.74, 6) is -0.867. The number of anilines is 2. The average Bonchev–Trinajstić information content (AvgIpc) is 3.34. The second-order valence-corrected chi connectivity index (χ2v) is 8.66. The van der Waals surface area contributed by atoms with Crippen molar-refractivity contribution in [3.8, 4) is 0 Å². The van der Waals surface area contributed by atoms with Crippen LogP contribution in [0.3, 0.4) is 0 Å². The van der Waals surface area contributed by atoms with Crippen molar-refractivity contribution < 1.29 is 14.3 Å². The molecule has 0 saturated carbocycles. The van der Waals surface area contributed by atoms with Crippen LogP contribution in [0.25, 0.3) is 10.2 Å². The third-order valence-electron chi connectivity index (χ3n) is 5.57. The number of aryl methyl sites for hydroxylation is 2. The van der Waals surface area contributed by atoms with Crippen LogP contribution in [0.15, 0.2) is 30.3 Å². The first-order valence-corrected chi connectivity index (χ1v) is 11.2. The molecule has 0 bridgehead atoms. The zero-order valence-electron chi connectivity index (χ0n) is 18.1. The van der Waals surface area contributed by atoms with E-state index in [1.54, 1.807) is 10.7 Å². The van der Waals surface area contributed by atoms with Crippen LogP contribution in [-0.2, 0) is 16.6 Å². The fourth-order valence-electron chi connectivity index (χ4n) is 3.78. The first kappa shape index (κ1) is 21.3. The van der Waals surface area contributed by atoms with E-state index in [-0.39, 0.29) is 12.5 Å². The van der Waals surface area contributed by atoms with E-state index in [1.165, 1.54) is 11.3 Å². The summed E-state index contributed by atoms with van der Waals surface area (Å²) in [6, 6.07) is 9.54. The van der Waals surface area contributed by atoms with E-state index in [1.807, 2.05) is 38.2 Å². The number of rotatable bonds is 6. The number of aromatic nitrogens is 2. The van der Waals surface area contributed by atoms with Crippen LogP contribution >= 0.6 is 11.3 Å². The lowest BCUT2D eigenvalue weighted by molar-refractivity contribution is -0.119. The molecule has 1 saturated heterocycles. The maximum absolute atomic E-state index is 12.3. The number of thiophene rings is 1. The van der Waals surface area contributed by atoms with Crippen LogP contribution in [-0.4, -0.2) is 65.9 Å². The minimum absolute atomic E-state index is 0.328. The number of amides is 1. The van der Waals surface area contributed by atoms with Crippen LogP contribution in [0.1, 0.15) is 22.3 Å². The Morgan fingerprint density at radius 2 is 1.87 bits per heavy atom. The Labute approximate surface area is 185 Å². The zero-order valence-corrected chi connectivity index (χ0v) is 18.9. The summed E-state index contributed by atoms with van der Waals surface area (Å²) in [6.45, 7) is 8.98. The third kappa shape index (κ3) is 4.72. The van der Waals surface area contributed by atoms with E-state index in [9.17, 15) is 9.59 Å². The van der Waals surface area contributed by atoms with Crippen molar-refractivity contribution in [3.05, 3.63) is 40.9 Å². The monoisotopic (exact) mass is 441 g/mol. The lowest BCUT2D eigenvalue weighted by atomic mass is 10.2. The molecule has 1 N–H and O–H groups in total. The number of ether oxygens (including phenoxy) is 1. The summed E-state index contributed by atoms with van der Waals surface area (Å²) in [4.78, 5) is 30.7. The summed E-state index contributed by atoms with van der Waals surface area (Å²) in [7, 11) is 1.84. The molecule has 3 aromatic rings. The normalized spacial score (nSPS) is 14.7. The topological polar surface area (TPSA) is 79.7 Å². The number of likely N-dealkylation sites (N-methyl/N-ethyl adjacent to an activating group) is 1. The van der Waals surface area contributed by atoms with Crippen molar-refractivity contribution in [2.45, 2.75) is 13.8 Å². The van der Waals surface area contributed by atoms with Crippen LogP contribution in [0.4, 0.5) is 11.4 Å². The lowest BCUT2D eigenvalue weighted by Crippen LogP contribution is -2.46. The van der Waals surface area contributed by atoms with Gasteiger partial charge in [-0.3, -0.25) is 9.48 Å². The SMILES string of the molecule is CCN1CCN(c2ccc(NC(=O)COC(=O)c3cc4c(C)nn(C)c4s3)cc2)CC1. The molecule has 31 heavy (non-hydrogen) atoms. The average molecular weight is 442 g/mol. The number of esters is 1. The molecule has 164 valence electrons. The summed E-state index contributed by atoms with van der Waals surface area (Å²) in [5.41, 5.74) is 2.69. The fraction of sp³-hybridized carbons (Fsp3) is 0.409. The number of carbonyl (C=O) groups is 2. The molecule has 8 nitrogen and oxygen atoms in total. The van der Waals surface area contributed by atoms with Crippen molar-refractivity contribution in [2.75, 3.05) is 49.5 Å². The van der Waals surface area contributed by atoms with Crippen LogP contribution in [0, 0.1) is 6.92 Å². The van der Waals surface area contributed by atoms with Gasteiger partial charge in [0.25, 0.3) is 5.91 Å². The van der Waals surface area contributed by atoms with Gasteiger partial charge in [-0.1, -0.05) is 6.92 Å². The highest BCUT2D eigenvalue weighted by Crippen LogP contribution is 2.28. The third-order valence-corrected chi connectivity index (χ3v) is 6.75. The Kier molecular flexibility index (Phi) is 6.24. The van der Waals surface area contributed by atoms with Crippen molar-refractivity contribution in [2.24, 2.45) is 7.05 Å². The van der Waals surface area contributed by atoms with Gasteiger partial charge < -0.3 is 19.9 Å². The molecule has 1 amide bonds. The van der Waals surface area contributed by atoms with Gasteiger partial charge in [0, 0.05) is 50.0 Å². The molecule has 4 rings (SSSR count). The highest BCUT2D eigenvalue weighted by Gasteiger charge is 2.18. The first-order chi connectivity index (χ1) is 14.9. The van der Waals surface area contributed by atoms with E-state index in [2.05, 4.69) is 27.1 Å². The Bertz CT molecular complexity index is 1050. The van der Waals surface area contributed by atoms with E-state index >= 15 is 0 Å². The van der Waals surface area contributed by atoms with E-state index < -0.39 is 5.97 Å². The van der Waals surface area contributed by atoms with Gasteiger partial charge in [-0.05, 0) is 43.8 Å². The molecule has 0 radical (unpaired) electrons. The number of nitrogens with zero attached hydrogens (tertiary/aromatic N) is 4. The molecule has 2 aromatic heterocycles. The van der Waals surface area contributed by atoms with Gasteiger partial charge in [-0.15, -0.1) is 11.3 Å². The van der Waals surface area contributed by atoms with Crippen LogP contribution in [0.2, 0.25) is 0 Å². The fourth-order valence-corrected chi connectivity index (χ4v) is 4.80. The van der Waals surface area contributed by atoms with Gasteiger partial charge >= 0.3 is 5.97 Å². The Morgan fingerprint density at radius 3 is 2.52 bits per heavy atom. The molecule has 0 spiro atoms. The minimum atomic E-state index is -0.502. The minimum Gasteiger partial charge on any atom is -0.451 e. The largest absolute Gasteiger partial charge is 0.451 e. The van der Waals surface area contributed by atoms with Gasteiger partial charge in [0.05, 0.1) is 5.69 Å². The lowest BCUT2D eigenvalue weighted by Gasteiger charge is -2.35. The first-order valence-electron chi connectivity index (χ1n) is 10.4. The molecular weight excluding hydrogens is 414 g/mol. The molecule has 0 atom stereocenters. The number of hydrogen-bond donors (Lipinski definition) is 1. The molecule has 9 heteroatoms. The maximum atomic E-state index is 12.3. The van der Waals surface area contributed by atoms with Gasteiger partial charge in [0.2, 0.25) is 0 Å². The van der Waals surface area contributed by atoms with Crippen LogP contribution in [0.5, 0.6) is 0 Å². The van der Waals surface area contributed by atoms with Gasteiger partial charge in [0.1, 0.15) is 9.71 Å². The highest BCUT2D eigenvalue weighted by atomic mass is 32.1. The van der Waals surface area contributed by atoms with E-state index in [4.69, 9.17) is 4.74 Å². The summed E-state index contributed by atoms with van der Waals surface area (Å²) >= 11 is 1.31. The van der Waals surface area contributed by atoms with Gasteiger partial charge in [-0.25, -0.2) is 4.79 Å². The quantitative estimate of drug-likeness (QED) is 0.593. The number of fused-ring (bicyclic) bond motifs is 1. The Hall–Kier alpha value is -2.91. The summed E-state index contributed by atoms with van der Waals surface area (Å²) in [5, 5.41) is 8.03. The predicted octanol–water partition coefficient (Wildman–Crippen LogP) is 2.88. The molecule has 1 fully saturated rings. The zero-order chi connectivity index (χ0) is 22.0. The predicted molar refractivity (Wildman–Crippen MR) is 123 cm³/mol. The van der Waals surface area contributed by atoms with E-state index in [0.29, 0.717) is 10.6 Å². The van der Waals surface area contributed by atoms with Crippen molar-refractivity contribution >= 4 is 44.8 Å². The molecule has 1 aromatic carbocycles. The Morgan fingerprint density at radius 1 is 1.16 bits per heavy atom. The van der Waals surface area contributed by atoms with Crippen molar-refractivity contribution in [1.29, 1.82) is 0 Å².